The average molecular weight is 470 g/mol. The molecule has 31 heavy (non-hydrogen) atoms. The molecular weight excluding hydrogens is 450 g/mol. The molecular formula is C22H19N3O3S3. The van der Waals surface area contributed by atoms with E-state index in [9.17, 15) is 13.2 Å². The van der Waals surface area contributed by atoms with Gasteiger partial charge in [-0.3, -0.25) is 14.7 Å². The molecule has 158 valence electrons. The Morgan fingerprint density at radius 3 is 2.55 bits per heavy atom. The van der Waals surface area contributed by atoms with Crippen LogP contribution in [-0.4, -0.2) is 36.8 Å². The molecule has 0 fully saturated rings. The smallest absolute Gasteiger partial charge is 0.260 e. The number of thioether (sulfide) groups is 1. The van der Waals surface area contributed by atoms with Crippen LogP contribution in [0.25, 0.3) is 10.2 Å². The largest absolute Gasteiger partial charge is 0.279 e. The van der Waals surface area contributed by atoms with Gasteiger partial charge in [-0.25, -0.2) is 13.4 Å². The number of anilines is 1. The van der Waals surface area contributed by atoms with Crippen LogP contribution in [0.4, 0.5) is 5.13 Å². The lowest BCUT2D eigenvalue weighted by atomic mass is 10.2. The Morgan fingerprint density at radius 1 is 1.13 bits per heavy atom. The number of rotatable bonds is 6. The SMILES string of the molecule is CSc1ccc(C(=O)N(Cc2cccnc2)c2nc3ccc(S(C)(=O)=O)cc3s2)cc1. The lowest BCUT2D eigenvalue weighted by Crippen LogP contribution is -2.30. The van der Waals surface area contributed by atoms with Gasteiger partial charge in [-0.15, -0.1) is 11.8 Å². The number of hydrogen-bond acceptors (Lipinski definition) is 7. The third-order valence-corrected chi connectivity index (χ3v) is 7.55. The van der Waals surface area contributed by atoms with Crippen molar-refractivity contribution >= 4 is 54.2 Å². The Bertz CT molecular complexity index is 1330. The highest BCUT2D eigenvalue weighted by Crippen LogP contribution is 2.32. The Labute approximate surface area is 188 Å². The highest BCUT2D eigenvalue weighted by Gasteiger charge is 2.22. The molecule has 0 unspecified atom stereocenters. The van der Waals surface area contributed by atoms with Gasteiger partial charge in [0.1, 0.15) is 0 Å². The van der Waals surface area contributed by atoms with Crippen LogP contribution in [-0.2, 0) is 16.4 Å². The standard InChI is InChI=1S/C22H19N3O3S3/c1-29-17-7-5-16(6-8-17)21(26)25(14-15-4-3-11-23-13-15)22-24-19-10-9-18(31(2,27)28)12-20(19)30-22/h3-13H,14H2,1-2H3. The summed E-state index contributed by atoms with van der Waals surface area (Å²) in [6.45, 7) is 0.301. The minimum Gasteiger partial charge on any atom is -0.279 e. The fourth-order valence-corrected chi connectivity index (χ4v) is 5.16. The molecule has 6 nitrogen and oxygen atoms in total. The number of amides is 1. The Balaban J connectivity index is 1.76. The van der Waals surface area contributed by atoms with Crippen molar-refractivity contribution in [2.45, 2.75) is 16.3 Å². The fraction of sp³-hybridized carbons (Fsp3) is 0.136. The second kappa shape index (κ2) is 8.78. The second-order valence-electron chi connectivity index (χ2n) is 6.88. The molecule has 0 radical (unpaired) electrons. The van der Waals surface area contributed by atoms with E-state index in [4.69, 9.17) is 0 Å². The van der Waals surface area contributed by atoms with Gasteiger partial charge in [-0.2, -0.15) is 0 Å². The molecule has 1 amide bonds. The quantitative estimate of drug-likeness (QED) is 0.382. The Hall–Kier alpha value is -2.75. The summed E-state index contributed by atoms with van der Waals surface area (Å²) in [7, 11) is -3.33. The van der Waals surface area contributed by atoms with Crippen molar-refractivity contribution in [1.82, 2.24) is 9.97 Å². The average Bonchev–Trinajstić information content (AvgIpc) is 3.20. The maximum Gasteiger partial charge on any atom is 0.260 e. The van der Waals surface area contributed by atoms with Crippen LogP contribution >= 0.6 is 23.1 Å². The first kappa shape index (κ1) is 21.5. The van der Waals surface area contributed by atoms with E-state index in [2.05, 4.69) is 9.97 Å². The lowest BCUT2D eigenvalue weighted by molar-refractivity contribution is 0.0985. The summed E-state index contributed by atoms with van der Waals surface area (Å²) in [4.78, 5) is 25.1. The zero-order chi connectivity index (χ0) is 22.0. The van der Waals surface area contributed by atoms with Crippen LogP contribution in [0.3, 0.4) is 0 Å². The summed E-state index contributed by atoms with van der Waals surface area (Å²) in [5, 5.41) is 0.503. The molecule has 0 N–H and O–H groups in total. The number of hydrogen-bond donors (Lipinski definition) is 0. The number of fused-ring (bicyclic) bond motifs is 1. The molecule has 2 aromatic carbocycles. The van der Waals surface area contributed by atoms with Gasteiger partial charge in [-0.1, -0.05) is 17.4 Å². The first-order valence-corrected chi connectivity index (χ1v) is 13.2. The molecule has 2 aromatic heterocycles. The fourth-order valence-electron chi connectivity index (χ4n) is 3.03. The van der Waals surface area contributed by atoms with Gasteiger partial charge in [0.15, 0.2) is 15.0 Å². The Morgan fingerprint density at radius 2 is 1.90 bits per heavy atom. The summed E-state index contributed by atoms with van der Waals surface area (Å²) >= 11 is 2.90. The number of carbonyl (C=O) groups excluding carboxylic acids is 1. The van der Waals surface area contributed by atoms with Crippen molar-refractivity contribution in [3.8, 4) is 0 Å². The molecule has 4 aromatic rings. The first-order valence-electron chi connectivity index (χ1n) is 9.30. The minimum absolute atomic E-state index is 0.182. The zero-order valence-electron chi connectivity index (χ0n) is 16.8. The third-order valence-electron chi connectivity index (χ3n) is 4.65. The van der Waals surface area contributed by atoms with E-state index in [1.807, 2.05) is 30.5 Å². The van der Waals surface area contributed by atoms with E-state index in [0.717, 1.165) is 10.5 Å². The number of thiazole rings is 1. The van der Waals surface area contributed by atoms with Crippen LogP contribution in [0.2, 0.25) is 0 Å². The summed E-state index contributed by atoms with van der Waals surface area (Å²) in [6, 6.07) is 16.0. The summed E-state index contributed by atoms with van der Waals surface area (Å²) in [5.41, 5.74) is 2.07. The van der Waals surface area contributed by atoms with Crippen molar-refractivity contribution in [2.24, 2.45) is 0 Å². The van der Waals surface area contributed by atoms with E-state index in [1.165, 1.54) is 23.7 Å². The number of aromatic nitrogens is 2. The van der Waals surface area contributed by atoms with Crippen molar-refractivity contribution in [1.29, 1.82) is 0 Å². The topological polar surface area (TPSA) is 80.2 Å². The van der Waals surface area contributed by atoms with E-state index in [1.54, 1.807) is 53.3 Å². The molecule has 4 rings (SSSR count). The molecule has 0 saturated heterocycles. The van der Waals surface area contributed by atoms with Gasteiger partial charge in [0.2, 0.25) is 0 Å². The van der Waals surface area contributed by atoms with Gasteiger partial charge in [0.25, 0.3) is 5.91 Å². The summed E-state index contributed by atoms with van der Waals surface area (Å²) in [5.74, 6) is -0.182. The number of benzene rings is 2. The van der Waals surface area contributed by atoms with Gasteiger partial charge in [-0.05, 0) is 60.4 Å². The third kappa shape index (κ3) is 4.79. The van der Waals surface area contributed by atoms with Crippen LogP contribution < -0.4 is 4.90 Å². The molecule has 0 saturated carbocycles. The van der Waals surface area contributed by atoms with Crippen molar-refractivity contribution in [3.63, 3.8) is 0 Å². The first-order chi connectivity index (χ1) is 14.8. The highest BCUT2D eigenvalue weighted by molar-refractivity contribution is 7.98. The minimum atomic E-state index is -3.33. The molecule has 0 bridgehead atoms. The van der Waals surface area contributed by atoms with Gasteiger partial charge in [0.05, 0.1) is 21.7 Å². The number of pyridine rings is 1. The molecule has 0 spiro atoms. The molecule has 0 atom stereocenters. The van der Waals surface area contributed by atoms with E-state index >= 15 is 0 Å². The van der Waals surface area contributed by atoms with Crippen LogP contribution in [0.15, 0.2) is 76.8 Å². The van der Waals surface area contributed by atoms with E-state index in [-0.39, 0.29) is 10.8 Å². The van der Waals surface area contributed by atoms with Crippen molar-refractivity contribution in [2.75, 3.05) is 17.4 Å². The van der Waals surface area contributed by atoms with Crippen LogP contribution in [0.5, 0.6) is 0 Å². The molecule has 0 aliphatic carbocycles. The molecule has 2 heterocycles. The van der Waals surface area contributed by atoms with Crippen molar-refractivity contribution in [3.05, 3.63) is 78.1 Å². The van der Waals surface area contributed by atoms with Crippen LogP contribution in [0.1, 0.15) is 15.9 Å². The predicted octanol–water partition coefficient (Wildman–Crippen LogP) is 4.66. The highest BCUT2D eigenvalue weighted by atomic mass is 32.2. The maximum atomic E-state index is 13.4. The van der Waals surface area contributed by atoms with Crippen LogP contribution in [0, 0.1) is 0 Å². The molecule has 0 aliphatic heterocycles. The monoisotopic (exact) mass is 469 g/mol. The Kier molecular flexibility index (Phi) is 6.08. The van der Waals surface area contributed by atoms with Gasteiger partial charge < -0.3 is 0 Å². The number of carbonyl (C=O) groups is 1. The number of sulfone groups is 1. The molecule has 9 heteroatoms. The number of nitrogens with zero attached hydrogens (tertiary/aromatic N) is 3. The lowest BCUT2D eigenvalue weighted by Gasteiger charge is -2.20. The van der Waals surface area contributed by atoms with E-state index in [0.29, 0.717) is 27.5 Å². The predicted molar refractivity (Wildman–Crippen MR) is 126 cm³/mol. The normalized spacial score (nSPS) is 11.5. The second-order valence-corrected chi connectivity index (χ2v) is 10.8. The maximum absolute atomic E-state index is 13.4. The summed E-state index contributed by atoms with van der Waals surface area (Å²) in [6.07, 6.45) is 6.55. The van der Waals surface area contributed by atoms with Gasteiger partial charge in [0, 0.05) is 29.1 Å². The molecule has 0 aliphatic rings. The zero-order valence-corrected chi connectivity index (χ0v) is 19.3. The van der Waals surface area contributed by atoms with E-state index < -0.39 is 9.84 Å². The summed E-state index contributed by atoms with van der Waals surface area (Å²) < 4.78 is 24.5. The van der Waals surface area contributed by atoms with Gasteiger partial charge >= 0.3 is 0 Å². The van der Waals surface area contributed by atoms with Crippen molar-refractivity contribution < 1.29 is 13.2 Å².